The Kier molecular flexibility index (Phi) is 11.0. The van der Waals surface area contributed by atoms with Crippen LogP contribution < -0.4 is 21.1 Å². The molecule has 1 aliphatic rings. The van der Waals surface area contributed by atoms with Crippen molar-refractivity contribution in [2.75, 3.05) is 12.4 Å². The Morgan fingerprint density at radius 2 is 1.71 bits per heavy atom. The molecule has 3 aromatic carbocycles. The Morgan fingerprint density at radius 1 is 1.05 bits per heavy atom. The van der Waals surface area contributed by atoms with Crippen LogP contribution >= 0.6 is 0 Å². The van der Waals surface area contributed by atoms with Crippen LogP contribution in [-0.4, -0.2) is 42.4 Å². The minimum Gasteiger partial charge on any atom is -0.497 e. The monoisotopic (exact) mass is 518 g/mol. The number of methoxy groups -OCH3 is 1. The number of nitrogens with two attached hydrogens (primary N) is 1. The molecule has 0 fully saturated rings. The number of ether oxygens (including phenoxy) is 1. The molecular formula is C29H34N4O5. The molecule has 0 spiro atoms. The third-order valence-electron chi connectivity index (χ3n) is 6.11. The number of fused-ring (bicyclic) bond motifs is 1. The molecule has 0 bridgehead atoms. The molecular weight excluding hydrogens is 484 g/mol. The molecule has 2 atom stereocenters. The maximum Gasteiger partial charge on any atom is 0.290 e. The lowest BCUT2D eigenvalue weighted by molar-refractivity contribution is -0.129. The van der Waals surface area contributed by atoms with Gasteiger partial charge in [0.25, 0.3) is 6.47 Å². The Labute approximate surface area is 222 Å². The van der Waals surface area contributed by atoms with Crippen LogP contribution in [0.25, 0.3) is 0 Å². The summed E-state index contributed by atoms with van der Waals surface area (Å²) in [5.74, 6) is -1.01. The number of carbonyl (C=O) groups is 3. The first kappa shape index (κ1) is 29.6. The van der Waals surface area contributed by atoms with Gasteiger partial charge >= 0.3 is 0 Å². The number of nitrogen functional groups attached to an aromatic ring is 1. The second-order valence-electron chi connectivity index (χ2n) is 8.51. The number of hydrogen-bond acceptors (Lipinski definition) is 5. The van der Waals surface area contributed by atoms with Crippen LogP contribution in [0.1, 0.15) is 42.0 Å². The molecule has 0 saturated carbocycles. The second kappa shape index (κ2) is 14.2. The fourth-order valence-electron chi connectivity index (χ4n) is 4.28. The van der Waals surface area contributed by atoms with Gasteiger partial charge in [0.15, 0.2) is 0 Å². The molecule has 0 aliphatic heterocycles. The van der Waals surface area contributed by atoms with Crippen molar-refractivity contribution >= 4 is 29.8 Å². The van der Waals surface area contributed by atoms with E-state index in [2.05, 4.69) is 16.7 Å². The fourth-order valence-corrected chi connectivity index (χ4v) is 4.28. The number of hydrogen-bond donors (Lipinski definition) is 5. The molecule has 4 rings (SSSR count). The van der Waals surface area contributed by atoms with Crippen molar-refractivity contribution in [1.82, 2.24) is 5.32 Å². The molecule has 0 saturated heterocycles. The number of rotatable bonds is 7. The highest BCUT2D eigenvalue weighted by molar-refractivity contribution is 6.11. The van der Waals surface area contributed by atoms with Gasteiger partial charge in [-0.1, -0.05) is 43.8 Å². The van der Waals surface area contributed by atoms with Gasteiger partial charge in [0, 0.05) is 17.3 Å². The van der Waals surface area contributed by atoms with E-state index < -0.39 is 11.8 Å². The van der Waals surface area contributed by atoms with Gasteiger partial charge in [-0.3, -0.25) is 19.8 Å². The van der Waals surface area contributed by atoms with Gasteiger partial charge < -0.3 is 26.2 Å². The van der Waals surface area contributed by atoms with Gasteiger partial charge in [-0.25, -0.2) is 0 Å². The predicted molar refractivity (Wildman–Crippen MR) is 148 cm³/mol. The Hall–Kier alpha value is -4.66. The summed E-state index contributed by atoms with van der Waals surface area (Å²) in [6.07, 6.45) is 2.35. The zero-order valence-corrected chi connectivity index (χ0v) is 20.4. The first-order chi connectivity index (χ1) is 17.9. The summed E-state index contributed by atoms with van der Waals surface area (Å²) in [5.41, 5.74) is 9.63. The normalized spacial score (nSPS) is 14.2. The van der Waals surface area contributed by atoms with Crippen LogP contribution in [-0.2, 0) is 27.2 Å². The first-order valence-electron chi connectivity index (χ1n) is 11.7. The zero-order chi connectivity index (χ0) is 26.8. The maximum atomic E-state index is 13.4. The predicted octanol–water partition coefficient (Wildman–Crippen LogP) is 3.71. The van der Waals surface area contributed by atoms with Crippen LogP contribution in [0.4, 0.5) is 5.69 Å². The van der Waals surface area contributed by atoms with Crippen molar-refractivity contribution in [2.45, 2.75) is 38.6 Å². The SMILES string of the molecule is C.COc1ccc2c(c1)C[C@@H](NC(=O)C(C(=O)Nc1ccc(C(=N)N)cc1)c1ccccc1)CC2.O=CO. The molecule has 1 unspecified atom stereocenters. The molecule has 38 heavy (non-hydrogen) atoms. The third kappa shape index (κ3) is 7.67. The summed E-state index contributed by atoms with van der Waals surface area (Å²) in [4.78, 5) is 35.0. The number of carbonyl (C=O) groups excluding carboxylic acids is 2. The van der Waals surface area contributed by atoms with Gasteiger partial charge in [0.1, 0.15) is 17.5 Å². The molecule has 1 aliphatic carbocycles. The summed E-state index contributed by atoms with van der Waals surface area (Å²) >= 11 is 0. The van der Waals surface area contributed by atoms with E-state index in [1.54, 1.807) is 43.5 Å². The number of amidine groups is 1. The first-order valence-corrected chi connectivity index (χ1v) is 11.7. The number of nitrogens with one attached hydrogen (secondary N) is 3. The highest BCUT2D eigenvalue weighted by Gasteiger charge is 2.31. The number of anilines is 1. The van der Waals surface area contributed by atoms with Crippen LogP contribution in [0.2, 0.25) is 0 Å². The van der Waals surface area contributed by atoms with Crippen molar-refractivity contribution < 1.29 is 24.2 Å². The summed E-state index contributed by atoms with van der Waals surface area (Å²) < 4.78 is 5.34. The molecule has 9 heteroatoms. The minimum atomic E-state index is -1.000. The average Bonchev–Trinajstić information content (AvgIpc) is 2.89. The fraction of sp³-hybridized carbons (Fsp3) is 0.241. The third-order valence-corrected chi connectivity index (χ3v) is 6.11. The molecule has 0 radical (unpaired) electrons. The standard InChI is InChI=1S/C27H28N4O3.CH2O2.CH4/c1-34-23-14-10-17-7-13-22(15-20(17)16-23)31-27(33)24(18-5-3-2-4-6-18)26(32)30-21-11-8-19(9-12-21)25(28)29;2-1-3;/h2-6,8-12,14,16,22,24H,7,13,15H2,1H3,(H3,28,29)(H,30,32)(H,31,33);1H,(H,2,3);1H4/t22-,24?;;/m0../s1. The highest BCUT2D eigenvalue weighted by atomic mass is 16.5. The van der Waals surface area contributed by atoms with Crippen molar-refractivity contribution in [3.05, 3.63) is 95.1 Å². The zero-order valence-electron chi connectivity index (χ0n) is 20.4. The van der Waals surface area contributed by atoms with Gasteiger partial charge in [-0.15, -0.1) is 0 Å². The van der Waals surface area contributed by atoms with Crippen LogP contribution in [0.15, 0.2) is 72.8 Å². The molecule has 0 aromatic heterocycles. The summed E-state index contributed by atoms with van der Waals surface area (Å²) in [6, 6.07) is 21.7. The Balaban J connectivity index is 0.00000121. The molecule has 9 nitrogen and oxygen atoms in total. The molecule has 2 amide bonds. The summed E-state index contributed by atoms with van der Waals surface area (Å²) in [7, 11) is 1.64. The van der Waals surface area contributed by atoms with Crippen molar-refractivity contribution in [3.8, 4) is 5.75 Å². The van der Waals surface area contributed by atoms with Crippen molar-refractivity contribution in [1.29, 1.82) is 5.41 Å². The van der Waals surface area contributed by atoms with Crippen LogP contribution in [0, 0.1) is 5.41 Å². The minimum absolute atomic E-state index is 0. The van der Waals surface area contributed by atoms with E-state index in [1.807, 2.05) is 30.3 Å². The topological polar surface area (TPSA) is 155 Å². The van der Waals surface area contributed by atoms with Crippen LogP contribution in [0.5, 0.6) is 5.75 Å². The van der Waals surface area contributed by atoms with E-state index in [0.29, 0.717) is 23.2 Å². The van der Waals surface area contributed by atoms with E-state index >= 15 is 0 Å². The van der Waals surface area contributed by atoms with Crippen molar-refractivity contribution in [3.63, 3.8) is 0 Å². The molecule has 6 N–H and O–H groups in total. The summed E-state index contributed by atoms with van der Waals surface area (Å²) in [6.45, 7) is -0.250. The van der Waals surface area contributed by atoms with E-state index in [4.69, 9.17) is 25.8 Å². The van der Waals surface area contributed by atoms with Gasteiger partial charge in [-0.2, -0.15) is 0 Å². The number of benzene rings is 3. The van der Waals surface area contributed by atoms with Crippen molar-refractivity contribution in [2.24, 2.45) is 5.73 Å². The van der Waals surface area contributed by atoms with E-state index in [0.717, 1.165) is 24.2 Å². The average molecular weight is 519 g/mol. The van der Waals surface area contributed by atoms with E-state index in [1.165, 1.54) is 5.56 Å². The van der Waals surface area contributed by atoms with Gasteiger partial charge in [0.05, 0.1) is 7.11 Å². The Bertz CT molecular complexity index is 1250. The van der Waals surface area contributed by atoms with Crippen LogP contribution in [0.3, 0.4) is 0 Å². The lowest BCUT2D eigenvalue weighted by Gasteiger charge is -2.27. The molecule has 3 aromatic rings. The van der Waals surface area contributed by atoms with Gasteiger partial charge in [-0.05, 0) is 72.4 Å². The largest absolute Gasteiger partial charge is 0.497 e. The van der Waals surface area contributed by atoms with E-state index in [9.17, 15) is 9.59 Å². The molecule has 0 heterocycles. The van der Waals surface area contributed by atoms with E-state index in [-0.39, 0.29) is 31.7 Å². The smallest absolute Gasteiger partial charge is 0.290 e. The molecule has 200 valence electrons. The second-order valence-corrected chi connectivity index (χ2v) is 8.51. The lowest BCUT2D eigenvalue weighted by atomic mass is 9.87. The number of aryl methyl sites for hydroxylation is 1. The number of amides is 2. The Morgan fingerprint density at radius 3 is 2.32 bits per heavy atom. The maximum absolute atomic E-state index is 13.4. The highest BCUT2D eigenvalue weighted by Crippen LogP contribution is 2.27. The lowest BCUT2D eigenvalue weighted by Crippen LogP contribution is -2.44. The quantitative estimate of drug-likeness (QED) is 0.139. The number of carboxylic acid groups (broad SMARTS) is 1. The summed E-state index contributed by atoms with van der Waals surface area (Å²) in [5, 5.41) is 20.3. The van der Waals surface area contributed by atoms with Gasteiger partial charge in [0.2, 0.25) is 11.8 Å².